The Morgan fingerprint density at radius 3 is 3.14 bits per heavy atom. The first-order valence-electron chi connectivity index (χ1n) is 4.32. The number of rotatable bonds is 1. The number of hydrogen-bond acceptors (Lipinski definition) is 6. The maximum absolute atomic E-state index is 11.4. The zero-order chi connectivity index (χ0) is 10.1. The van der Waals surface area contributed by atoms with E-state index >= 15 is 0 Å². The first kappa shape index (κ1) is 9.20. The van der Waals surface area contributed by atoms with Crippen molar-refractivity contribution in [2.45, 2.75) is 13.0 Å². The van der Waals surface area contributed by atoms with E-state index in [4.69, 9.17) is 5.73 Å². The summed E-state index contributed by atoms with van der Waals surface area (Å²) < 4.78 is 3.89. The third kappa shape index (κ3) is 1.50. The monoisotopic (exact) mass is 213 g/mol. The molecule has 76 valence electrons. The molecule has 1 aliphatic heterocycles. The molecule has 3 N–H and O–H groups in total. The Morgan fingerprint density at radius 2 is 2.50 bits per heavy atom. The molecule has 1 fully saturated rings. The fourth-order valence-electron chi connectivity index (χ4n) is 1.39. The molecule has 7 heteroatoms. The lowest BCUT2D eigenvalue weighted by atomic mass is 10.2. The molecule has 1 aromatic rings. The molecule has 1 aromatic heterocycles. The highest BCUT2D eigenvalue weighted by Gasteiger charge is 2.27. The number of hydrogen-bond donors (Lipinski definition) is 2. The molecule has 2 rings (SSSR count). The van der Waals surface area contributed by atoms with Crippen LogP contribution in [0.25, 0.3) is 0 Å². The van der Waals surface area contributed by atoms with Gasteiger partial charge in [-0.15, -0.1) is 0 Å². The Morgan fingerprint density at radius 1 is 1.71 bits per heavy atom. The predicted octanol–water partition coefficient (Wildman–Crippen LogP) is -0.555. The molecular weight excluding hydrogens is 202 g/mol. The lowest BCUT2D eigenvalue weighted by molar-refractivity contribution is -0.122. The van der Waals surface area contributed by atoms with Crippen molar-refractivity contribution in [3.8, 4) is 0 Å². The molecule has 1 saturated heterocycles. The Balaban J connectivity index is 2.21. The SMILES string of the molecule is CC1C(=O)NCCN1c1nc(N)ns1. The van der Waals surface area contributed by atoms with Gasteiger partial charge in [0.25, 0.3) is 0 Å². The van der Waals surface area contributed by atoms with E-state index in [1.165, 1.54) is 11.5 Å². The average Bonchev–Trinajstić information content (AvgIpc) is 2.57. The lowest BCUT2D eigenvalue weighted by Gasteiger charge is -2.31. The second-order valence-corrected chi connectivity index (χ2v) is 3.83. The van der Waals surface area contributed by atoms with E-state index in [0.29, 0.717) is 11.7 Å². The molecule has 6 nitrogen and oxygen atoms in total. The standard InChI is InChI=1S/C7H11N5OS/c1-4-5(13)9-2-3-12(4)7-10-6(8)11-14-7/h4H,2-3H2,1H3,(H2,8,11)(H,9,13). The summed E-state index contributed by atoms with van der Waals surface area (Å²) in [5.41, 5.74) is 5.43. The number of amides is 1. The van der Waals surface area contributed by atoms with Crippen LogP contribution in [0, 0.1) is 0 Å². The van der Waals surface area contributed by atoms with Gasteiger partial charge in [-0.25, -0.2) is 0 Å². The number of anilines is 2. The van der Waals surface area contributed by atoms with Gasteiger partial charge in [-0.2, -0.15) is 9.36 Å². The van der Waals surface area contributed by atoms with Crippen molar-refractivity contribution in [3.63, 3.8) is 0 Å². The molecule has 0 aromatic carbocycles. The van der Waals surface area contributed by atoms with Gasteiger partial charge in [-0.1, -0.05) is 0 Å². The summed E-state index contributed by atoms with van der Waals surface area (Å²) in [6.45, 7) is 3.23. The van der Waals surface area contributed by atoms with Gasteiger partial charge in [0.15, 0.2) is 0 Å². The van der Waals surface area contributed by atoms with Gasteiger partial charge >= 0.3 is 0 Å². The van der Waals surface area contributed by atoms with Crippen LogP contribution in [-0.2, 0) is 4.79 Å². The first-order valence-corrected chi connectivity index (χ1v) is 5.09. The van der Waals surface area contributed by atoms with Crippen LogP contribution in [0.5, 0.6) is 0 Å². The summed E-state index contributed by atoms with van der Waals surface area (Å²) in [7, 11) is 0. The van der Waals surface area contributed by atoms with Gasteiger partial charge in [0.05, 0.1) is 0 Å². The summed E-state index contributed by atoms with van der Waals surface area (Å²) in [4.78, 5) is 17.3. The number of nitrogen functional groups attached to an aromatic ring is 1. The second-order valence-electron chi connectivity index (χ2n) is 3.10. The third-order valence-corrected chi connectivity index (χ3v) is 2.94. The van der Waals surface area contributed by atoms with Gasteiger partial charge in [0.2, 0.25) is 17.0 Å². The highest BCUT2D eigenvalue weighted by atomic mass is 32.1. The number of aromatic nitrogens is 2. The van der Waals surface area contributed by atoms with Gasteiger partial charge in [0, 0.05) is 24.6 Å². The minimum absolute atomic E-state index is 0.0185. The number of nitrogens with two attached hydrogens (primary N) is 1. The number of nitrogens with one attached hydrogen (secondary N) is 1. The van der Waals surface area contributed by atoms with Crippen LogP contribution in [0.2, 0.25) is 0 Å². The van der Waals surface area contributed by atoms with E-state index in [9.17, 15) is 4.79 Å². The Bertz CT molecular complexity index is 352. The topological polar surface area (TPSA) is 84.1 Å². The van der Waals surface area contributed by atoms with Crippen molar-refractivity contribution in [1.29, 1.82) is 0 Å². The number of carbonyl (C=O) groups excluding carboxylic acids is 1. The molecule has 14 heavy (non-hydrogen) atoms. The van der Waals surface area contributed by atoms with Crippen molar-refractivity contribution >= 4 is 28.5 Å². The van der Waals surface area contributed by atoms with Crippen LogP contribution in [-0.4, -0.2) is 34.4 Å². The van der Waals surface area contributed by atoms with Crippen molar-refractivity contribution in [1.82, 2.24) is 14.7 Å². The molecule has 1 amide bonds. The zero-order valence-corrected chi connectivity index (χ0v) is 8.54. The van der Waals surface area contributed by atoms with Gasteiger partial charge in [-0.05, 0) is 6.92 Å². The minimum atomic E-state index is -0.198. The predicted molar refractivity (Wildman–Crippen MR) is 54.1 cm³/mol. The van der Waals surface area contributed by atoms with Crippen molar-refractivity contribution in [2.24, 2.45) is 0 Å². The van der Waals surface area contributed by atoms with Crippen LogP contribution in [0.15, 0.2) is 0 Å². The van der Waals surface area contributed by atoms with Crippen LogP contribution in [0.4, 0.5) is 11.1 Å². The zero-order valence-electron chi connectivity index (χ0n) is 7.73. The molecule has 1 unspecified atom stereocenters. The van der Waals surface area contributed by atoms with E-state index in [0.717, 1.165) is 6.54 Å². The third-order valence-electron chi connectivity index (χ3n) is 2.18. The van der Waals surface area contributed by atoms with Gasteiger partial charge in [-0.3, -0.25) is 4.79 Å². The molecule has 0 saturated carbocycles. The lowest BCUT2D eigenvalue weighted by Crippen LogP contribution is -2.54. The van der Waals surface area contributed by atoms with Crippen molar-refractivity contribution in [2.75, 3.05) is 23.7 Å². The maximum atomic E-state index is 11.4. The summed E-state index contributed by atoms with van der Waals surface area (Å²) in [5, 5.41) is 3.50. The van der Waals surface area contributed by atoms with Gasteiger partial charge in [0.1, 0.15) is 6.04 Å². The molecule has 1 atom stereocenters. The molecule has 0 spiro atoms. The quantitative estimate of drug-likeness (QED) is 0.653. The molecular formula is C7H11N5OS. The number of nitrogens with zero attached hydrogens (tertiary/aromatic N) is 3. The molecule has 2 heterocycles. The Hall–Kier alpha value is -1.37. The Labute approximate surface area is 85.3 Å². The van der Waals surface area contributed by atoms with Crippen molar-refractivity contribution in [3.05, 3.63) is 0 Å². The summed E-state index contributed by atoms with van der Waals surface area (Å²) in [5.74, 6) is 0.285. The van der Waals surface area contributed by atoms with Gasteiger partial charge < -0.3 is 16.0 Å². The smallest absolute Gasteiger partial charge is 0.242 e. The number of piperazine rings is 1. The van der Waals surface area contributed by atoms with Crippen LogP contribution < -0.4 is 16.0 Å². The average molecular weight is 213 g/mol. The molecule has 0 aliphatic carbocycles. The van der Waals surface area contributed by atoms with E-state index in [-0.39, 0.29) is 17.9 Å². The highest BCUT2D eigenvalue weighted by Crippen LogP contribution is 2.21. The first-order chi connectivity index (χ1) is 6.68. The summed E-state index contributed by atoms with van der Waals surface area (Å²) in [6.07, 6.45) is 0. The number of carbonyl (C=O) groups is 1. The maximum Gasteiger partial charge on any atom is 0.242 e. The summed E-state index contributed by atoms with van der Waals surface area (Å²) >= 11 is 1.22. The fourth-order valence-corrected chi connectivity index (χ4v) is 2.09. The fraction of sp³-hybridized carbons (Fsp3) is 0.571. The van der Waals surface area contributed by atoms with Crippen LogP contribution in [0.1, 0.15) is 6.92 Å². The van der Waals surface area contributed by atoms with E-state index < -0.39 is 0 Å². The largest absolute Gasteiger partial charge is 0.367 e. The summed E-state index contributed by atoms with van der Waals surface area (Å²) in [6, 6.07) is -0.198. The van der Waals surface area contributed by atoms with Crippen LogP contribution >= 0.6 is 11.5 Å². The minimum Gasteiger partial charge on any atom is -0.367 e. The van der Waals surface area contributed by atoms with E-state index in [1.54, 1.807) is 0 Å². The highest BCUT2D eigenvalue weighted by molar-refractivity contribution is 7.09. The molecule has 0 radical (unpaired) electrons. The van der Waals surface area contributed by atoms with Crippen molar-refractivity contribution < 1.29 is 4.79 Å². The Kier molecular flexibility index (Phi) is 2.24. The molecule has 0 bridgehead atoms. The second kappa shape index (κ2) is 3.41. The van der Waals surface area contributed by atoms with E-state index in [1.807, 2.05) is 11.8 Å². The normalized spacial score (nSPS) is 22.2. The van der Waals surface area contributed by atoms with Crippen LogP contribution in [0.3, 0.4) is 0 Å². The molecule has 1 aliphatic rings. The van der Waals surface area contributed by atoms with E-state index in [2.05, 4.69) is 14.7 Å².